The number of rotatable bonds is 9. The van der Waals surface area contributed by atoms with Crippen molar-refractivity contribution in [3.8, 4) is 0 Å². The van der Waals surface area contributed by atoms with Gasteiger partial charge in [0.15, 0.2) is 5.78 Å². The molecule has 0 saturated carbocycles. The van der Waals surface area contributed by atoms with Crippen LogP contribution in [0.5, 0.6) is 0 Å². The fourth-order valence-electron chi connectivity index (χ4n) is 3.98. The van der Waals surface area contributed by atoms with Crippen LogP contribution in [0.3, 0.4) is 0 Å². The van der Waals surface area contributed by atoms with E-state index in [-0.39, 0.29) is 11.5 Å². The number of nitro benzene ring substituents is 1. The number of aryl methyl sites for hydroxylation is 1. The van der Waals surface area contributed by atoms with Crippen molar-refractivity contribution in [2.24, 2.45) is 0 Å². The second-order valence-electron chi connectivity index (χ2n) is 7.96. The zero-order valence-corrected chi connectivity index (χ0v) is 18.5. The lowest BCUT2D eigenvalue weighted by atomic mass is 9.92. The number of hydrogen-bond acceptors (Lipinski definition) is 6. The lowest BCUT2D eigenvalue weighted by Crippen LogP contribution is -2.41. The maximum Gasteiger partial charge on any atom is 0.325 e. The molecule has 32 heavy (non-hydrogen) atoms. The molecule has 1 aromatic carbocycles. The Bertz CT molecular complexity index is 1070. The summed E-state index contributed by atoms with van der Waals surface area (Å²) < 4.78 is 7.09. The number of urea groups is 1. The maximum atomic E-state index is 13.1. The van der Waals surface area contributed by atoms with Gasteiger partial charge in [0.2, 0.25) is 0 Å². The first-order valence-corrected chi connectivity index (χ1v) is 10.2. The molecule has 1 atom stereocenters. The van der Waals surface area contributed by atoms with Crippen molar-refractivity contribution in [1.82, 2.24) is 14.8 Å². The van der Waals surface area contributed by atoms with Gasteiger partial charge in [-0.1, -0.05) is 0 Å². The molecular formula is C22H26N4O6. The number of carbonyl (C=O) groups excluding carboxylic acids is 3. The number of nitro groups is 1. The highest BCUT2D eigenvalue weighted by Crippen LogP contribution is 2.30. The number of nitrogens with one attached hydrogen (secondary N) is 1. The number of ketones is 1. The highest BCUT2D eigenvalue weighted by Gasteiger charge is 2.49. The van der Waals surface area contributed by atoms with Crippen LogP contribution in [0, 0.1) is 24.0 Å². The number of ether oxygens (including phenoxy) is 1. The third kappa shape index (κ3) is 4.13. The number of methoxy groups -OCH3 is 1. The van der Waals surface area contributed by atoms with Crippen LogP contribution < -0.4 is 5.32 Å². The first-order chi connectivity index (χ1) is 15.1. The molecule has 1 aliphatic heterocycles. The topological polar surface area (TPSA) is 124 Å². The Morgan fingerprint density at radius 2 is 1.88 bits per heavy atom. The monoisotopic (exact) mass is 442 g/mol. The van der Waals surface area contributed by atoms with Crippen LogP contribution in [-0.2, 0) is 21.6 Å². The summed E-state index contributed by atoms with van der Waals surface area (Å²) in [4.78, 5) is 49.9. The van der Waals surface area contributed by atoms with Crippen molar-refractivity contribution in [2.45, 2.75) is 39.3 Å². The summed E-state index contributed by atoms with van der Waals surface area (Å²) in [6.45, 7) is 6.15. The number of carbonyl (C=O) groups is 3. The molecule has 1 fully saturated rings. The molecule has 10 heteroatoms. The molecule has 0 bridgehead atoms. The number of non-ortho nitro benzene ring substituents is 1. The first-order valence-electron chi connectivity index (χ1n) is 10.2. The van der Waals surface area contributed by atoms with Gasteiger partial charge in [0.05, 0.1) is 11.5 Å². The highest BCUT2D eigenvalue weighted by molar-refractivity contribution is 6.11. The molecule has 1 aromatic heterocycles. The van der Waals surface area contributed by atoms with Crippen LogP contribution in [-0.4, -0.2) is 52.4 Å². The molecule has 0 radical (unpaired) electrons. The Morgan fingerprint density at radius 3 is 2.47 bits per heavy atom. The van der Waals surface area contributed by atoms with E-state index >= 15 is 0 Å². The molecule has 3 amide bonds. The summed E-state index contributed by atoms with van der Waals surface area (Å²) in [7, 11) is 1.63. The van der Waals surface area contributed by atoms with Gasteiger partial charge in [-0.15, -0.1) is 0 Å². The van der Waals surface area contributed by atoms with Gasteiger partial charge >= 0.3 is 6.03 Å². The van der Waals surface area contributed by atoms with E-state index in [9.17, 15) is 24.5 Å². The molecular weight excluding hydrogens is 416 g/mol. The smallest absolute Gasteiger partial charge is 0.325 e. The minimum Gasteiger partial charge on any atom is -0.385 e. The van der Waals surface area contributed by atoms with E-state index in [2.05, 4.69) is 5.32 Å². The molecule has 1 saturated heterocycles. The maximum absolute atomic E-state index is 13.1. The van der Waals surface area contributed by atoms with Gasteiger partial charge in [-0.05, 0) is 51.0 Å². The second kappa shape index (κ2) is 8.91. The summed E-state index contributed by atoms with van der Waals surface area (Å²) in [6.07, 6.45) is 0.793. The van der Waals surface area contributed by atoms with Crippen LogP contribution >= 0.6 is 0 Å². The Kier molecular flexibility index (Phi) is 6.45. The van der Waals surface area contributed by atoms with E-state index in [4.69, 9.17) is 4.74 Å². The van der Waals surface area contributed by atoms with Gasteiger partial charge < -0.3 is 14.6 Å². The van der Waals surface area contributed by atoms with E-state index in [0.29, 0.717) is 24.3 Å². The quantitative estimate of drug-likeness (QED) is 0.209. The van der Waals surface area contributed by atoms with Gasteiger partial charge in [0, 0.05) is 49.3 Å². The number of nitrogens with zero attached hydrogens (tertiary/aromatic N) is 3. The van der Waals surface area contributed by atoms with Crippen LogP contribution in [0.1, 0.15) is 40.7 Å². The predicted octanol–water partition coefficient (Wildman–Crippen LogP) is 2.70. The number of hydrogen-bond donors (Lipinski definition) is 1. The molecule has 2 aromatic rings. The summed E-state index contributed by atoms with van der Waals surface area (Å²) >= 11 is 0. The third-order valence-corrected chi connectivity index (χ3v) is 5.84. The third-order valence-electron chi connectivity index (χ3n) is 5.84. The fourth-order valence-corrected chi connectivity index (χ4v) is 3.98. The zero-order valence-electron chi connectivity index (χ0n) is 18.5. The molecule has 2 heterocycles. The molecule has 1 N–H and O–H groups in total. The van der Waals surface area contributed by atoms with Crippen LogP contribution in [0.15, 0.2) is 30.3 Å². The van der Waals surface area contributed by atoms with Crippen molar-refractivity contribution in [2.75, 3.05) is 20.3 Å². The minimum atomic E-state index is -1.41. The lowest BCUT2D eigenvalue weighted by molar-refractivity contribution is -0.384. The summed E-state index contributed by atoms with van der Waals surface area (Å²) in [5, 5.41) is 13.5. The Morgan fingerprint density at radius 1 is 1.22 bits per heavy atom. The fraction of sp³-hybridized carbons (Fsp3) is 0.409. The standard InChI is InChI=1S/C22H26N4O6/c1-14-12-18(15(2)24(14)10-5-11-32-4)19(27)13-25-20(28)22(3,23-21(25)29)16-6-8-17(9-7-16)26(30)31/h6-9,12H,5,10-11,13H2,1-4H3,(H,23,29). The normalized spacial score (nSPS) is 18.2. The van der Waals surface area contributed by atoms with E-state index in [1.807, 2.05) is 18.4 Å². The SMILES string of the molecule is COCCCn1c(C)cc(C(=O)CN2C(=O)NC(C)(c3ccc([N+](=O)[O-])cc3)C2=O)c1C. The Labute approximate surface area is 185 Å². The van der Waals surface area contributed by atoms with E-state index in [1.165, 1.54) is 31.2 Å². The molecule has 0 aliphatic carbocycles. The summed E-state index contributed by atoms with van der Waals surface area (Å²) in [5.74, 6) is -0.925. The average Bonchev–Trinajstić information content (AvgIpc) is 3.16. The number of benzene rings is 1. The molecule has 170 valence electrons. The lowest BCUT2D eigenvalue weighted by Gasteiger charge is -2.22. The van der Waals surface area contributed by atoms with Gasteiger partial charge in [-0.3, -0.25) is 24.6 Å². The van der Waals surface area contributed by atoms with Crippen molar-refractivity contribution in [3.05, 3.63) is 63.0 Å². The number of imide groups is 1. The molecule has 1 aliphatic rings. The predicted molar refractivity (Wildman–Crippen MR) is 115 cm³/mol. The van der Waals surface area contributed by atoms with Gasteiger partial charge in [0.25, 0.3) is 11.6 Å². The van der Waals surface area contributed by atoms with Crippen LogP contribution in [0.4, 0.5) is 10.5 Å². The number of Topliss-reactive ketones (excluding diaryl/α,β-unsaturated/α-hetero) is 1. The van der Waals surface area contributed by atoms with Crippen molar-refractivity contribution < 1.29 is 24.0 Å². The van der Waals surface area contributed by atoms with Gasteiger partial charge in [0.1, 0.15) is 5.54 Å². The summed E-state index contributed by atoms with van der Waals surface area (Å²) in [6, 6.07) is 6.47. The Hall–Kier alpha value is -3.53. The highest BCUT2D eigenvalue weighted by atomic mass is 16.6. The van der Waals surface area contributed by atoms with Crippen LogP contribution in [0.25, 0.3) is 0 Å². The molecule has 3 rings (SSSR count). The number of amides is 3. The van der Waals surface area contributed by atoms with E-state index < -0.39 is 28.9 Å². The molecule has 10 nitrogen and oxygen atoms in total. The van der Waals surface area contributed by atoms with Crippen molar-refractivity contribution in [1.29, 1.82) is 0 Å². The van der Waals surface area contributed by atoms with Crippen molar-refractivity contribution in [3.63, 3.8) is 0 Å². The summed E-state index contributed by atoms with van der Waals surface area (Å²) in [5.41, 5.74) is 1.01. The Balaban J connectivity index is 1.79. The molecule has 1 unspecified atom stereocenters. The van der Waals surface area contributed by atoms with Crippen molar-refractivity contribution >= 4 is 23.4 Å². The van der Waals surface area contributed by atoms with E-state index in [0.717, 1.165) is 22.7 Å². The second-order valence-corrected chi connectivity index (χ2v) is 7.96. The largest absolute Gasteiger partial charge is 0.385 e. The number of aromatic nitrogens is 1. The van der Waals surface area contributed by atoms with Gasteiger partial charge in [-0.25, -0.2) is 4.79 Å². The van der Waals surface area contributed by atoms with Gasteiger partial charge in [-0.2, -0.15) is 0 Å². The zero-order chi connectivity index (χ0) is 23.6. The first kappa shape index (κ1) is 23.1. The average molecular weight is 442 g/mol. The van der Waals surface area contributed by atoms with Crippen LogP contribution in [0.2, 0.25) is 0 Å². The van der Waals surface area contributed by atoms with E-state index in [1.54, 1.807) is 13.2 Å². The molecule has 0 spiro atoms. The minimum absolute atomic E-state index is 0.123.